The van der Waals surface area contributed by atoms with E-state index in [1.807, 2.05) is 56.3 Å². The molecule has 0 aliphatic heterocycles. The quantitative estimate of drug-likeness (QED) is 0.737. The van der Waals surface area contributed by atoms with Gasteiger partial charge >= 0.3 is 0 Å². The van der Waals surface area contributed by atoms with Crippen LogP contribution in [-0.2, 0) is 6.61 Å². The summed E-state index contributed by atoms with van der Waals surface area (Å²) in [6.07, 6.45) is 0.518. The van der Waals surface area contributed by atoms with Gasteiger partial charge in [-0.15, -0.1) is 0 Å². The molecule has 0 amide bonds. The summed E-state index contributed by atoms with van der Waals surface area (Å²) >= 11 is 5.84. The molecule has 0 atom stereocenters. The lowest BCUT2D eigenvalue weighted by atomic mass is 10.1. The van der Waals surface area contributed by atoms with Crippen molar-refractivity contribution in [2.45, 2.75) is 26.9 Å². The third kappa shape index (κ3) is 3.61. The van der Waals surface area contributed by atoms with Crippen LogP contribution in [0.4, 0.5) is 0 Å². The summed E-state index contributed by atoms with van der Waals surface area (Å²) in [5.41, 5.74) is 2.77. The average Bonchev–Trinajstić information content (AvgIpc) is 2.46. The molecule has 2 aromatic rings. The Balaban J connectivity index is 2.06. The summed E-state index contributed by atoms with van der Waals surface area (Å²) in [5.74, 6) is 0.949. The molecular formula is C17H17ClO2. The van der Waals surface area contributed by atoms with Gasteiger partial charge in [-0.2, -0.15) is 0 Å². The van der Waals surface area contributed by atoms with Crippen LogP contribution in [-0.4, -0.2) is 5.78 Å². The zero-order chi connectivity index (χ0) is 14.5. The van der Waals surface area contributed by atoms with E-state index in [-0.39, 0.29) is 5.78 Å². The van der Waals surface area contributed by atoms with Crippen molar-refractivity contribution >= 4 is 17.4 Å². The minimum absolute atomic E-state index is 0.150. The number of carbonyl (C=O) groups excluding carboxylic acids is 1. The van der Waals surface area contributed by atoms with Gasteiger partial charge in [0.05, 0.1) is 0 Å². The SMILES string of the molecule is CCC(=O)c1ccc(OCc2ccc(Cl)cc2)c(C)c1. The summed E-state index contributed by atoms with van der Waals surface area (Å²) in [5, 5.41) is 0.715. The molecule has 0 fully saturated rings. The fourth-order valence-corrected chi connectivity index (χ4v) is 2.06. The summed E-state index contributed by atoms with van der Waals surface area (Å²) in [6.45, 7) is 4.30. The molecule has 0 saturated heterocycles. The topological polar surface area (TPSA) is 26.3 Å². The maximum absolute atomic E-state index is 11.6. The number of rotatable bonds is 5. The third-order valence-corrected chi connectivity index (χ3v) is 3.38. The van der Waals surface area contributed by atoms with Crippen molar-refractivity contribution in [2.24, 2.45) is 0 Å². The lowest BCUT2D eigenvalue weighted by Crippen LogP contribution is -2.00. The Morgan fingerprint density at radius 3 is 2.45 bits per heavy atom. The monoisotopic (exact) mass is 288 g/mol. The fraction of sp³-hybridized carbons (Fsp3) is 0.235. The van der Waals surface area contributed by atoms with E-state index in [4.69, 9.17) is 16.3 Å². The number of ketones is 1. The summed E-state index contributed by atoms with van der Waals surface area (Å²) in [6, 6.07) is 13.1. The number of benzene rings is 2. The second-order valence-corrected chi connectivity index (χ2v) is 5.11. The highest BCUT2D eigenvalue weighted by molar-refractivity contribution is 6.30. The predicted molar refractivity (Wildman–Crippen MR) is 81.6 cm³/mol. The van der Waals surface area contributed by atoms with Crippen molar-refractivity contribution in [1.29, 1.82) is 0 Å². The zero-order valence-corrected chi connectivity index (χ0v) is 12.4. The Bertz CT molecular complexity index is 603. The Morgan fingerprint density at radius 1 is 1.15 bits per heavy atom. The maximum atomic E-state index is 11.6. The molecule has 0 N–H and O–H groups in total. The second-order valence-electron chi connectivity index (χ2n) is 4.67. The fourth-order valence-electron chi connectivity index (χ4n) is 1.93. The van der Waals surface area contributed by atoms with E-state index in [1.54, 1.807) is 0 Å². The first kappa shape index (κ1) is 14.6. The molecule has 2 rings (SSSR count). The normalized spacial score (nSPS) is 10.3. The predicted octanol–water partition coefficient (Wildman–Crippen LogP) is 4.82. The van der Waals surface area contributed by atoms with E-state index >= 15 is 0 Å². The van der Waals surface area contributed by atoms with Crippen LogP contribution >= 0.6 is 11.6 Å². The van der Waals surface area contributed by atoms with Crippen molar-refractivity contribution in [3.63, 3.8) is 0 Å². The average molecular weight is 289 g/mol. The molecule has 3 heteroatoms. The van der Waals surface area contributed by atoms with E-state index in [2.05, 4.69) is 0 Å². The van der Waals surface area contributed by atoms with Crippen LogP contribution in [0.25, 0.3) is 0 Å². The molecule has 0 bridgehead atoms. The molecule has 0 aliphatic rings. The molecule has 0 saturated carbocycles. The molecule has 0 unspecified atom stereocenters. The molecule has 0 radical (unpaired) electrons. The van der Waals surface area contributed by atoms with Crippen LogP contribution in [0.5, 0.6) is 5.75 Å². The summed E-state index contributed by atoms with van der Waals surface area (Å²) in [7, 11) is 0. The van der Waals surface area contributed by atoms with Gasteiger partial charge in [0.1, 0.15) is 12.4 Å². The van der Waals surface area contributed by atoms with Crippen molar-refractivity contribution in [3.05, 3.63) is 64.2 Å². The van der Waals surface area contributed by atoms with Gasteiger partial charge in [-0.1, -0.05) is 30.7 Å². The van der Waals surface area contributed by atoms with E-state index in [9.17, 15) is 4.79 Å². The first-order chi connectivity index (χ1) is 9.60. The van der Waals surface area contributed by atoms with E-state index in [1.165, 1.54) is 0 Å². The van der Waals surface area contributed by atoms with Crippen molar-refractivity contribution in [3.8, 4) is 5.75 Å². The van der Waals surface area contributed by atoms with E-state index in [0.717, 1.165) is 22.4 Å². The van der Waals surface area contributed by atoms with E-state index in [0.29, 0.717) is 18.1 Å². The molecule has 104 valence electrons. The minimum atomic E-state index is 0.150. The van der Waals surface area contributed by atoms with Crippen molar-refractivity contribution < 1.29 is 9.53 Å². The van der Waals surface area contributed by atoms with Gasteiger partial charge in [0.15, 0.2) is 5.78 Å². The van der Waals surface area contributed by atoms with Gasteiger partial charge in [0, 0.05) is 17.0 Å². The third-order valence-electron chi connectivity index (χ3n) is 3.13. The summed E-state index contributed by atoms with van der Waals surface area (Å²) in [4.78, 5) is 11.6. The highest BCUT2D eigenvalue weighted by Gasteiger charge is 2.06. The minimum Gasteiger partial charge on any atom is -0.489 e. The lowest BCUT2D eigenvalue weighted by molar-refractivity contribution is 0.0988. The largest absolute Gasteiger partial charge is 0.489 e. The van der Waals surface area contributed by atoms with E-state index < -0.39 is 0 Å². The smallest absolute Gasteiger partial charge is 0.162 e. The molecule has 2 aromatic carbocycles. The lowest BCUT2D eigenvalue weighted by Gasteiger charge is -2.10. The maximum Gasteiger partial charge on any atom is 0.162 e. The Hall–Kier alpha value is -1.80. The number of carbonyl (C=O) groups is 1. The molecular weight excluding hydrogens is 272 g/mol. The van der Waals surface area contributed by atoms with Gasteiger partial charge in [-0.3, -0.25) is 4.79 Å². The number of halogens is 1. The molecule has 20 heavy (non-hydrogen) atoms. The number of aryl methyl sites for hydroxylation is 1. The van der Waals surface area contributed by atoms with Gasteiger partial charge in [-0.05, 0) is 48.4 Å². The van der Waals surface area contributed by atoms with Crippen molar-refractivity contribution in [1.82, 2.24) is 0 Å². The van der Waals surface area contributed by atoms with Gasteiger partial charge in [-0.25, -0.2) is 0 Å². The zero-order valence-electron chi connectivity index (χ0n) is 11.7. The Morgan fingerprint density at radius 2 is 1.85 bits per heavy atom. The van der Waals surface area contributed by atoms with Crippen LogP contribution in [0.2, 0.25) is 5.02 Å². The van der Waals surface area contributed by atoms with Gasteiger partial charge in [0.25, 0.3) is 0 Å². The van der Waals surface area contributed by atoms with Crippen LogP contribution in [0.3, 0.4) is 0 Å². The van der Waals surface area contributed by atoms with Crippen LogP contribution in [0.15, 0.2) is 42.5 Å². The van der Waals surface area contributed by atoms with Crippen LogP contribution in [0, 0.1) is 6.92 Å². The van der Waals surface area contributed by atoms with Gasteiger partial charge in [0.2, 0.25) is 0 Å². The highest BCUT2D eigenvalue weighted by atomic mass is 35.5. The first-order valence-electron chi connectivity index (χ1n) is 6.61. The van der Waals surface area contributed by atoms with Crippen LogP contribution in [0.1, 0.15) is 34.8 Å². The Kier molecular flexibility index (Phi) is 4.80. The highest BCUT2D eigenvalue weighted by Crippen LogP contribution is 2.21. The molecule has 2 nitrogen and oxygen atoms in total. The van der Waals surface area contributed by atoms with Crippen molar-refractivity contribution in [2.75, 3.05) is 0 Å². The second kappa shape index (κ2) is 6.58. The van der Waals surface area contributed by atoms with Gasteiger partial charge < -0.3 is 4.74 Å². The number of ether oxygens (including phenoxy) is 1. The van der Waals surface area contributed by atoms with Crippen LogP contribution < -0.4 is 4.74 Å². The molecule has 0 spiro atoms. The number of Topliss-reactive ketones (excluding diaryl/α,β-unsaturated/α-hetero) is 1. The summed E-state index contributed by atoms with van der Waals surface area (Å²) < 4.78 is 5.78. The molecule has 0 heterocycles. The first-order valence-corrected chi connectivity index (χ1v) is 6.99. The number of hydrogen-bond donors (Lipinski definition) is 0. The standard InChI is InChI=1S/C17H17ClO2/c1-3-16(19)14-6-9-17(12(2)10-14)20-11-13-4-7-15(18)8-5-13/h4-10H,3,11H2,1-2H3. The molecule has 0 aliphatic carbocycles. The molecule has 0 aromatic heterocycles. The Labute approximate surface area is 124 Å². The number of hydrogen-bond acceptors (Lipinski definition) is 2.